The smallest absolute Gasteiger partial charge is 0.236 e. The highest BCUT2D eigenvalue weighted by Gasteiger charge is 2.15. The second kappa shape index (κ2) is 6.81. The predicted molar refractivity (Wildman–Crippen MR) is 95.8 cm³/mol. The minimum Gasteiger partial charge on any atom is -0.444 e. The van der Waals surface area contributed by atoms with Crippen molar-refractivity contribution >= 4 is 23.1 Å². The van der Waals surface area contributed by atoms with Crippen molar-refractivity contribution in [3.05, 3.63) is 59.6 Å². The van der Waals surface area contributed by atoms with E-state index in [4.69, 9.17) is 4.42 Å². The number of oxazole rings is 1. The molecule has 3 heterocycles. The van der Waals surface area contributed by atoms with Crippen LogP contribution in [0.25, 0.3) is 22.2 Å². The third kappa shape index (κ3) is 3.22. The van der Waals surface area contributed by atoms with Gasteiger partial charge in [0.15, 0.2) is 11.0 Å². The van der Waals surface area contributed by atoms with Gasteiger partial charge in [0.2, 0.25) is 5.89 Å². The van der Waals surface area contributed by atoms with Gasteiger partial charge in [0.25, 0.3) is 0 Å². The summed E-state index contributed by atoms with van der Waals surface area (Å²) in [5.74, 6) is 1.40. The van der Waals surface area contributed by atoms with E-state index in [0.29, 0.717) is 28.2 Å². The molecule has 0 fully saturated rings. The Morgan fingerprint density at radius 1 is 1.20 bits per heavy atom. The van der Waals surface area contributed by atoms with E-state index in [1.165, 1.54) is 17.8 Å². The molecule has 0 atom stereocenters. The molecule has 4 aromatic rings. The van der Waals surface area contributed by atoms with E-state index in [0.717, 1.165) is 10.6 Å². The van der Waals surface area contributed by atoms with Crippen LogP contribution in [0.3, 0.4) is 0 Å². The monoisotopic (exact) mass is 372 g/mol. The maximum atomic E-state index is 13.9. The third-order valence-corrected chi connectivity index (χ3v) is 5.49. The molecule has 5 nitrogen and oxygen atoms in total. The van der Waals surface area contributed by atoms with E-state index in [1.54, 1.807) is 40.4 Å². The molecule has 0 amide bonds. The highest BCUT2D eigenvalue weighted by molar-refractivity contribution is 7.98. The Kier molecular flexibility index (Phi) is 4.37. The number of hydrogen-bond donors (Lipinski definition) is 0. The van der Waals surface area contributed by atoms with Crippen LogP contribution < -0.4 is 0 Å². The molecule has 0 aliphatic rings. The van der Waals surface area contributed by atoms with Gasteiger partial charge in [-0.2, -0.15) is 0 Å². The maximum Gasteiger partial charge on any atom is 0.236 e. The molecule has 25 heavy (non-hydrogen) atoms. The van der Waals surface area contributed by atoms with Crippen LogP contribution in [0, 0.1) is 5.82 Å². The van der Waals surface area contributed by atoms with Gasteiger partial charge < -0.3 is 8.98 Å². The van der Waals surface area contributed by atoms with E-state index >= 15 is 0 Å². The molecule has 1 aromatic carbocycles. The summed E-state index contributed by atoms with van der Waals surface area (Å²) in [5, 5.41) is 11.0. The molecule has 0 unspecified atom stereocenters. The lowest BCUT2D eigenvalue weighted by Crippen LogP contribution is -1.96. The van der Waals surface area contributed by atoms with Gasteiger partial charge in [-0.1, -0.05) is 30.0 Å². The Bertz CT molecular complexity index is 994. The molecule has 0 spiro atoms. The van der Waals surface area contributed by atoms with E-state index in [9.17, 15) is 4.39 Å². The number of thiophene rings is 1. The standard InChI is InChI=1S/C17H13FN4OS2/c1-22-15(12-5-2-3-6-13(12)18)20-21-17(22)25-10-11-9-23-16(19-11)14-7-4-8-24-14/h2-9H,10H2,1H3. The fraction of sp³-hybridized carbons (Fsp3) is 0.118. The van der Waals surface area contributed by atoms with Crippen LogP contribution in [-0.2, 0) is 12.8 Å². The Labute approximate surface area is 151 Å². The topological polar surface area (TPSA) is 56.7 Å². The van der Waals surface area contributed by atoms with Gasteiger partial charge in [0.1, 0.15) is 12.1 Å². The average molecular weight is 372 g/mol. The van der Waals surface area contributed by atoms with Crippen molar-refractivity contribution in [3.8, 4) is 22.2 Å². The Balaban J connectivity index is 1.50. The van der Waals surface area contributed by atoms with Gasteiger partial charge in [-0.25, -0.2) is 9.37 Å². The molecule has 0 aliphatic carbocycles. The van der Waals surface area contributed by atoms with Crippen LogP contribution >= 0.6 is 23.1 Å². The highest BCUT2D eigenvalue weighted by atomic mass is 32.2. The molecular formula is C17H13FN4OS2. The molecule has 0 N–H and O–H groups in total. The van der Waals surface area contributed by atoms with Crippen LogP contribution in [0.2, 0.25) is 0 Å². The zero-order chi connectivity index (χ0) is 17.2. The second-order valence-electron chi connectivity index (χ2n) is 5.26. The van der Waals surface area contributed by atoms with Gasteiger partial charge in [-0.15, -0.1) is 21.5 Å². The first-order chi connectivity index (χ1) is 12.2. The number of benzene rings is 1. The van der Waals surface area contributed by atoms with Gasteiger partial charge in [0, 0.05) is 12.8 Å². The summed E-state index contributed by atoms with van der Waals surface area (Å²) in [7, 11) is 1.82. The molecule has 0 aliphatic heterocycles. The summed E-state index contributed by atoms with van der Waals surface area (Å²) >= 11 is 3.06. The summed E-state index contributed by atoms with van der Waals surface area (Å²) in [6, 6.07) is 10.5. The number of thioether (sulfide) groups is 1. The molecule has 0 saturated heterocycles. The van der Waals surface area contributed by atoms with E-state index in [1.807, 2.05) is 24.6 Å². The lowest BCUT2D eigenvalue weighted by atomic mass is 10.2. The zero-order valence-electron chi connectivity index (χ0n) is 13.2. The van der Waals surface area contributed by atoms with Crippen LogP contribution in [0.4, 0.5) is 4.39 Å². The molecular weight excluding hydrogens is 359 g/mol. The van der Waals surface area contributed by atoms with Crippen molar-refractivity contribution in [2.24, 2.45) is 7.05 Å². The maximum absolute atomic E-state index is 13.9. The van der Waals surface area contributed by atoms with Crippen molar-refractivity contribution in [1.82, 2.24) is 19.7 Å². The lowest BCUT2D eigenvalue weighted by molar-refractivity contribution is 0.575. The minimum atomic E-state index is -0.313. The fourth-order valence-corrected chi connectivity index (χ4v) is 3.79. The highest BCUT2D eigenvalue weighted by Crippen LogP contribution is 2.28. The van der Waals surface area contributed by atoms with Gasteiger partial charge in [-0.3, -0.25) is 0 Å². The summed E-state index contributed by atoms with van der Waals surface area (Å²) in [5.41, 5.74) is 1.26. The van der Waals surface area contributed by atoms with E-state index in [2.05, 4.69) is 15.2 Å². The molecule has 3 aromatic heterocycles. The predicted octanol–water partition coefficient (Wildman–Crippen LogP) is 4.63. The Hall–Kier alpha value is -2.45. The van der Waals surface area contributed by atoms with Crippen molar-refractivity contribution in [2.75, 3.05) is 0 Å². The van der Waals surface area contributed by atoms with Crippen molar-refractivity contribution < 1.29 is 8.81 Å². The van der Waals surface area contributed by atoms with E-state index in [-0.39, 0.29) is 5.82 Å². The number of nitrogens with zero attached hydrogens (tertiary/aromatic N) is 4. The van der Waals surface area contributed by atoms with Gasteiger partial charge >= 0.3 is 0 Å². The lowest BCUT2D eigenvalue weighted by Gasteiger charge is -2.04. The molecule has 8 heteroatoms. The summed E-state index contributed by atoms with van der Waals surface area (Å²) in [4.78, 5) is 5.48. The van der Waals surface area contributed by atoms with Crippen molar-refractivity contribution in [1.29, 1.82) is 0 Å². The van der Waals surface area contributed by atoms with Crippen molar-refractivity contribution in [3.63, 3.8) is 0 Å². The Morgan fingerprint density at radius 3 is 2.88 bits per heavy atom. The number of hydrogen-bond acceptors (Lipinski definition) is 6. The Morgan fingerprint density at radius 2 is 2.08 bits per heavy atom. The second-order valence-corrected chi connectivity index (χ2v) is 7.15. The first kappa shape index (κ1) is 16.0. The van der Waals surface area contributed by atoms with E-state index < -0.39 is 0 Å². The molecule has 0 saturated carbocycles. The number of rotatable bonds is 5. The van der Waals surface area contributed by atoms with Crippen LogP contribution in [0.5, 0.6) is 0 Å². The first-order valence-corrected chi connectivity index (χ1v) is 9.34. The van der Waals surface area contributed by atoms with Gasteiger partial charge in [-0.05, 0) is 23.6 Å². The fourth-order valence-electron chi connectivity index (χ4n) is 2.34. The van der Waals surface area contributed by atoms with Crippen LogP contribution in [-0.4, -0.2) is 19.7 Å². The SMILES string of the molecule is Cn1c(SCc2coc(-c3cccs3)n2)nnc1-c1ccccc1F. The molecule has 4 rings (SSSR count). The van der Waals surface area contributed by atoms with Crippen molar-refractivity contribution in [2.45, 2.75) is 10.9 Å². The third-order valence-electron chi connectivity index (χ3n) is 3.58. The minimum absolute atomic E-state index is 0.313. The largest absolute Gasteiger partial charge is 0.444 e. The van der Waals surface area contributed by atoms with Crippen LogP contribution in [0.1, 0.15) is 5.69 Å². The molecule has 0 bridgehead atoms. The quantitative estimate of drug-likeness (QED) is 0.478. The summed E-state index contributed by atoms with van der Waals surface area (Å²) < 4.78 is 21.2. The molecule has 126 valence electrons. The zero-order valence-corrected chi connectivity index (χ0v) is 14.9. The summed E-state index contributed by atoms with van der Waals surface area (Å²) in [6.07, 6.45) is 1.65. The molecule has 0 radical (unpaired) electrons. The normalized spacial score (nSPS) is 11.1. The number of halogens is 1. The van der Waals surface area contributed by atoms with Gasteiger partial charge in [0.05, 0.1) is 16.1 Å². The average Bonchev–Trinajstić information content (AvgIpc) is 3.35. The summed E-state index contributed by atoms with van der Waals surface area (Å²) in [6.45, 7) is 0. The first-order valence-electron chi connectivity index (χ1n) is 7.48. The van der Waals surface area contributed by atoms with Crippen LogP contribution in [0.15, 0.2) is 57.6 Å². The number of aromatic nitrogens is 4.